The molecule has 3 rings (SSSR count). The van der Waals surface area contributed by atoms with Crippen molar-refractivity contribution in [3.63, 3.8) is 0 Å². The molecule has 0 radical (unpaired) electrons. The summed E-state index contributed by atoms with van der Waals surface area (Å²) in [6.07, 6.45) is 1.92. The first-order valence-corrected chi connectivity index (χ1v) is 12.5. The summed E-state index contributed by atoms with van der Waals surface area (Å²) < 4.78 is 32.7. The zero-order valence-corrected chi connectivity index (χ0v) is 20.3. The van der Waals surface area contributed by atoms with Crippen molar-refractivity contribution in [3.8, 4) is 11.1 Å². The zero-order valence-electron chi connectivity index (χ0n) is 19.5. The van der Waals surface area contributed by atoms with Gasteiger partial charge in [0.25, 0.3) is 5.69 Å². The molecule has 0 aliphatic heterocycles. The van der Waals surface area contributed by atoms with E-state index in [0.29, 0.717) is 0 Å². The number of nitro groups is 1. The van der Waals surface area contributed by atoms with Crippen LogP contribution < -0.4 is 4.72 Å². The smallest absolute Gasteiger partial charge is 0.340 e. The third-order valence-corrected chi connectivity index (χ3v) is 6.74. The molecular formula is C23H27N3O7S. The Hall–Kier alpha value is -3.18. The lowest BCUT2D eigenvalue weighted by molar-refractivity contribution is -0.384. The molecule has 0 atom stereocenters. The molecule has 2 aromatic rings. The molecule has 1 aliphatic carbocycles. The molecule has 0 bridgehead atoms. The highest BCUT2D eigenvalue weighted by molar-refractivity contribution is 7.90. The van der Waals surface area contributed by atoms with Gasteiger partial charge in [-0.2, -0.15) is 0 Å². The number of benzene rings is 1. The molecule has 1 aromatic heterocycles. The van der Waals surface area contributed by atoms with Crippen molar-refractivity contribution < 1.29 is 27.7 Å². The number of aromatic nitrogens is 1. The topological polar surface area (TPSA) is 146 Å². The highest BCUT2D eigenvalue weighted by Gasteiger charge is 2.31. The molecule has 0 saturated heterocycles. The number of nitrogens with one attached hydrogen (secondary N) is 1. The predicted molar refractivity (Wildman–Crippen MR) is 125 cm³/mol. The number of hydrogen-bond donors (Lipinski definition) is 1. The average molecular weight is 490 g/mol. The van der Waals surface area contributed by atoms with Gasteiger partial charge in [-0.1, -0.05) is 12.1 Å². The third kappa shape index (κ3) is 6.03. The summed E-state index contributed by atoms with van der Waals surface area (Å²) >= 11 is 0. The Labute approximate surface area is 197 Å². The molecule has 1 saturated carbocycles. The van der Waals surface area contributed by atoms with E-state index in [1.54, 1.807) is 20.8 Å². The number of sulfonamides is 1. The largest absolute Gasteiger partial charge is 0.462 e. The molecular weight excluding hydrogens is 462 g/mol. The molecule has 11 heteroatoms. The first-order chi connectivity index (χ1) is 15.9. The lowest BCUT2D eigenvalue weighted by Gasteiger charge is -2.18. The number of carbonyl (C=O) groups is 2. The number of Topliss-reactive ketones (excluding diaryl/α,β-unsaturated/α-hetero) is 1. The van der Waals surface area contributed by atoms with Crippen LogP contribution in [0.2, 0.25) is 0 Å². The van der Waals surface area contributed by atoms with Gasteiger partial charge in [-0.25, -0.2) is 17.9 Å². The lowest BCUT2D eigenvalue weighted by atomic mass is 9.90. The zero-order chi connectivity index (χ0) is 25.2. The van der Waals surface area contributed by atoms with E-state index in [1.807, 2.05) is 0 Å². The first-order valence-electron chi connectivity index (χ1n) is 10.9. The Morgan fingerprint density at radius 3 is 2.44 bits per heavy atom. The summed E-state index contributed by atoms with van der Waals surface area (Å²) in [6.45, 7) is 6.58. The highest BCUT2D eigenvalue weighted by Crippen LogP contribution is 2.35. The molecule has 0 amide bonds. The van der Waals surface area contributed by atoms with Gasteiger partial charge < -0.3 is 4.74 Å². The van der Waals surface area contributed by atoms with Crippen LogP contribution in [-0.4, -0.2) is 48.5 Å². The number of ether oxygens (including phenoxy) is 1. The van der Waals surface area contributed by atoms with Gasteiger partial charge in [0.2, 0.25) is 10.0 Å². The number of nitro benzene ring substituents is 1. The van der Waals surface area contributed by atoms with Gasteiger partial charge in [0, 0.05) is 35.0 Å². The molecule has 34 heavy (non-hydrogen) atoms. The highest BCUT2D eigenvalue weighted by atomic mass is 32.2. The van der Waals surface area contributed by atoms with Gasteiger partial charge >= 0.3 is 5.97 Å². The molecule has 1 aliphatic rings. The SMILES string of the molecule is Cc1nc(C)c(C(=O)OCC2CC2)c(-c2cccc([N+](=O)[O-])c2)c1C(=O)CS(=O)(=O)NC(C)C. The second-order valence-corrected chi connectivity index (χ2v) is 10.5. The Morgan fingerprint density at radius 2 is 1.85 bits per heavy atom. The number of hydrogen-bond acceptors (Lipinski definition) is 8. The average Bonchev–Trinajstić information content (AvgIpc) is 3.54. The molecule has 182 valence electrons. The fourth-order valence-corrected chi connectivity index (χ4v) is 4.99. The summed E-state index contributed by atoms with van der Waals surface area (Å²) in [7, 11) is -3.97. The van der Waals surface area contributed by atoms with Crippen LogP contribution in [-0.2, 0) is 14.8 Å². The molecule has 1 fully saturated rings. The van der Waals surface area contributed by atoms with Crippen LogP contribution in [0.4, 0.5) is 5.69 Å². The van der Waals surface area contributed by atoms with Crippen LogP contribution in [0, 0.1) is 29.9 Å². The predicted octanol–water partition coefficient (Wildman–Crippen LogP) is 3.35. The van der Waals surface area contributed by atoms with E-state index in [4.69, 9.17) is 4.74 Å². The van der Waals surface area contributed by atoms with E-state index in [9.17, 15) is 28.1 Å². The molecule has 0 spiro atoms. The van der Waals surface area contributed by atoms with Crippen molar-refractivity contribution >= 4 is 27.5 Å². The minimum atomic E-state index is -3.97. The number of aryl methyl sites for hydroxylation is 2. The van der Waals surface area contributed by atoms with Gasteiger partial charge in [0.05, 0.1) is 22.8 Å². The van der Waals surface area contributed by atoms with Gasteiger partial charge in [0.1, 0.15) is 5.75 Å². The molecule has 1 aromatic carbocycles. The van der Waals surface area contributed by atoms with E-state index in [0.717, 1.165) is 12.8 Å². The van der Waals surface area contributed by atoms with Crippen LogP contribution in [0.25, 0.3) is 11.1 Å². The maximum atomic E-state index is 13.3. The summed E-state index contributed by atoms with van der Waals surface area (Å²) in [5, 5.41) is 11.4. The second kappa shape index (κ2) is 9.98. The summed E-state index contributed by atoms with van der Waals surface area (Å²) in [4.78, 5) is 41.5. The quantitative estimate of drug-likeness (QED) is 0.231. The van der Waals surface area contributed by atoms with E-state index >= 15 is 0 Å². The maximum Gasteiger partial charge on any atom is 0.340 e. The van der Waals surface area contributed by atoms with Gasteiger partial charge in [-0.15, -0.1) is 0 Å². The van der Waals surface area contributed by atoms with Crippen molar-refractivity contribution in [2.75, 3.05) is 12.4 Å². The van der Waals surface area contributed by atoms with Crippen LogP contribution in [0.5, 0.6) is 0 Å². The standard InChI is InChI=1S/C23H27N3O7S/c1-13(2)25-34(31,32)12-19(27)20-14(3)24-15(4)21(23(28)33-11-16-8-9-16)22(20)17-6-5-7-18(10-17)26(29)30/h5-7,10,13,16,25H,8-9,11-12H2,1-4H3. The lowest BCUT2D eigenvalue weighted by Crippen LogP contribution is -2.35. The summed E-state index contributed by atoms with van der Waals surface area (Å²) in [5.74, 6) is -2.07. The fraction of sp³-hybridized carbons (Fsp3) is 0.435. The molecule has 1 heterocycles. The van der Waals surface area contributed by atoms with Gasteiger partial charge in [0.15, 0.2) is 5.78 Å². The van der Waals surface area contributed by atoms with E-state index < -0.39 is 38.5 Å². The van der Waals surface area contributed by atoms with Gasteiger partial charge in [-0.3, -0.25) is 19.9 Å². The fourth-order valence-electron chi connectivity index (χ4n) is 3.70. The van der Waals surface area contributed by atoms with E-state index in [-0.39, 0.29) is 51.9 Å². The van der Waals surface area contributed by atoms with Crippen LogP contribution in [0.3, 0.4) is 0 Å². The van der Waals surface area contributed by atoms with Crippen LogP contribution in [0.1, 0.15) is 58.8 Å². The number of pyridine rings is 1. The number of ketones is 1. The third-order valence-electron chi connectivity index (χ3n) is 5.27. The van der Waals surface area contributed by atoms with Crippen molar-refractivity contribution in [2.24, 2.45) is 5.92 Å². The minimum Gasteiger partial charge on any atom is -0.462 e. The Morgan fingerprint density at radius 1 is 1.21 bits per heavy atom. The van der Waals surface area contributed by atoms with Crippen molar-refractivity contribution in [2.45, 2.75) is 46.6 Å². The first kappa shape index (κ1) is 25.4. The summed E-state index contributed by atoms with van der Waals surface area (Å²) in [6, 6.07) is 5.07. The Kier molecular flexibility index (Phi) is 7.47. The number of non-ortho nitro benzene ring substituents is 1. The van der Waals surface area contributed by atoms with Crippen molar-refractivity contribution in [1.82, 2.24) is 9.71 Å². The number of esters is 1. The Balaban J connectivity index is 2.20. The molecule has 0 unspecified atom stereocenters. The monoisotopic (exact) mass is 489 g/mol. The van der Waals surface area contributed by atoms with Crippen molar-refractivity contribution in [3.05, 3.63) is 56.9 Å². The van der Waals surface area contributed by atoms with Crippen LogP contribution >= 0.6 is 0 Å². The normalized spacial score (nSPS) is 13.7. The minimum absolute atomic E-state index is 0.00989. The molecule has 10 nitrogen and oxygen atoms in total. The van der Waals surface area contributed by atoms with E-state index in [2.05, 4.69) is 9.71 Å². The summed E-state index contributed by atoms with van der Waals surface area (Å²) in [5.41, 5.74) is 0.456. The Bertz CT molecular complexity index is 1250. The second-order valence-electron chi connectivity index (χ2n) is 8.71. The number of carbonyl (C=O) groups excluding carboxylic acids is 2. The van der Waals surface area contributed by atoms with Crippen LogP contribution in [0.15, 0.2) is 24.3 Å². The van der Waals surface area contributed by atoms with E-state index in [1.165, 1.54) is 31.2 Å². The van der Waals surface area contributed by atoms with Gasteiger partial charge in [-0.05, 0) is 52.0 Å². The maximum absolute atomic E-state index is 13.3. The number of nitrogens with zero attached hydrogens (tertiary/aromatic N) is 2. The van der Waals surface area contributed by atoms with Crippen molar-refractivity contribution in [1.29, 1.82) is 0 Å². The molecule has 1 N–H and O–H groups in total. The number of rotatable bonds is 10.